The molecule has 2 N–H and O–H groups in total. The molecule has 0 saturated carbocycles. The van der Waals surface area contributed by atoms with Crippen LogP contribution in [0.2, 0.25) is 0 Å². The third kappa shape index (κ3) is 4.59. The van der Waals surface area contributed by atoms with Crippen molar-refractivity contribution in [2.24, 2.45) is 5.41 Å². The number of nitrogens with one attached hydrogen (secondary N) is 1. The first-order chi connectivity index (χ1) is 9.76. The average Bonchev–Trinajstić information content (AvgIpc) is 2.82. The highest BCUT2D eigenvalue weighted by molar-refractivity contribution is 5.79. The van der Waals surface area contributed by atoms with Gasteiger partial charge in [0.05, 0.1) is 11.0 Å². The molecule has 1 atom stereocenters. The zero-order chi connectivity index (χ0) is 16.1. The molecule has 2 amide bonds. The second-order valence-corrected chi connectivity index (χ2v) is 6.36. The van der Waals surface area contributed by atoms with E-state index in [-0.39, 0.29) is 12.6 Å². The molecule has 21 heavy (non-hydrogen) atoms. The fourth-order valence-electron chi connectivity index (χ4n) is 2.85. The monoisotopic (exact) mass is 300 g/mol. The van der Waals surface area contributed by atoms with Crippen molar-refractivity contribution in [1.82, 2.24) is 10.2 Å². The molecule has 1 aliphatic rings. The van der Waals surface area contributed by atoms with E-state index in [1.165, 1.54) is 0 Å². The predicted octanol–water partition coefficient (Wildman–Crippen LogP) is 2.09. The summed E-state index contributed by atoms with van der Waals surface area (Å²) in [5, 5.41) is 12.3. The Morgan fingerprint density at radius 3 is 2.57 bits per heavy atom. The minimum atomic E-state index is -0.797. The largest absolute Gasteiger partial charge is 0.481 e. The van der Waals surface area contributed by atoms with Gasteiger partial charge in [0.25, 0.3) is 0 Å². The summed E-state index contributed by atoms with van der Waals surface area (Å²) in [7, 11) is 0. The number of carboxylic acid groups (broad SMARTS) is 1. The van der Waals surface area contributed by atoms with Crippen molar-refractivity contribution < 1.29 is 19.4 Å². The molecule has 0 spiro atoms. The number of amides is 2. The minimum Gasteiger partial charge on any atom is -0.481 e. The third-order valence-electron chi connectivity index (χ3n) is 4.02. The lowest BCUT2D eigenvalue weighted by molar-refractivity contribution is -0.148. The molecule has 6 nitrogen and oxygen atoms in total. The summed E-state index contributed by atoms with van der Waals surface area (Å²) in [5.74, 6) is -0.797. The van der Waals surface area contributed by atoms with Gasteiger partial charge in [-0.3, -0.25) is 4.79 Å². The molecule has 122 valence electrons. The van der Waals surface area contributed by atoms with Crippen LogP contribution in [-0.2, 0) is 9.53 Å². The fourth-order valence-corrected chi connectivity index (χ4v) is 2.85. The molecule has 1 fully saturated rings. The van der Waals surface area contributed by atoms with Crippen LogP contribution in [0.5, 0.6) is 0 Å². The summed E-state index contributed by atoms with van der Waals surface area (Å²) in [4.78, 5) is 25.3. The van der Waals surface area contributed by atoms with Gasteiger partial charge in [0.2, 0.25) is 0 Å². The van der Waals surface area contributed by atoms with Gasteiger partial charge in [0.15, 0.2) is 0 Å². The van der Waals surface area contributed by atoms with Crippen molar-refractivity contribution in [2.75, 3.05) is 26.2 Å². The number of hydrogen-bond donors (Lipinski definition) is 2. The molecular weight excluding hydrogens is 272 g/mol. The molecule has 0 aromatic rings. The number of urea groups is 1. The number of carbonyl (C=O) groups excluding carboxylic acids is 1. The second-order valence-electron chi connectivity index (χ2n) is 6.36. The number of ether oxygens (including phenoxy) is 1. The third-order valence-corrected chi connectivity index (χ3v) is 4.02. The maximum atomic E-state index is 12.2. The van der Waals surface area contributed by atoms with Crippen LogP contribution in [0.3, 0.4) is 0 Å². The van der Waals surface area contributed by atoms with Gasteiger partial charge >= 0.3 is 12.0 Å². The van der Waals surface area contributed by atoms with E-state index in [1.54, 1.807) is 4.90 Å². The summed E-state index contributed by atoms with van der Waals surface area (Å²) in [5.41, 5.74) is -1.20. The van der Waals surface area contributed by atoms with Crippen LogP contribution in [-0.4, -0.2) is 53.8 Å². The summed E-state index contributed by atoms with van der Waals surface area (Å²) < 4.78 is 5.53. The quantitative estimate of drug-likeness (QED) is 0.754. The van der Waals surface area contributed by atoms with Gasteiger partial charge < -0.3 is 20.1 Å². The zero-order valence-electron chi connectivity index (χ0n) is 13.6. The number of aliphatic carboxylic acids is 1. The van der Waals surface area contributed by atoms with Gasteiger partial charge in [-0.05, 0) is 33.6 Å². The first-order valence-corrected chi connectivity index (χ1v) is 7.66. The highest BCUT2D eigenvalue weighted by Crippen LogP contribution is 2.35. The molecule has 1 rings (SSSR count). The van der Waals surface area contributed by atoms with Crippen LogP contribution < -0.4 is 5.32 Å². The maximum Gasteiger partial charge on any atom is 0.317 e. The molecular formula is C15H28N2O4. The highest BCUT2D eigenvalue weighted by atomic mass is 16.5. The molecule has 6 heteroatoms. The van der Waals surface area contributed by atoms with E-state index in [0.29, 0.717) is 32.5 Å². The Morgan fingerprint density at radius 2 is 2.05 bits per heavy atom. The van der Waals surface area contributed by atoms with Crippen LogP contribution in [0.4, 0.5) is 4.79 Å². The SMILES string of the molecule is CCCC1(C(=O)O)CCN(C(=O)NCC(C)(C)OCC)C1. The number of rotatable bonds is 7. The van der Waals surface area contributed by atoms with Gasteiger partial charge in [0, 0.05) is 26.2 Å². The zero-order valence-corrected chi connectivity index (χ0v) is 13.6. The Labute approximate surface area is 126 Å². The van der Waals surface area contributed by atoms with E-state index < -0.39 is 17.0 Å². The molecule has 0 aromatic heterocycles. The minimum absolute atomic E-state index is 0.206. The molecule has 0 aromatic carbocycles. The number of carboxylic acids is 1. The number of likely N-dealkylation sites (tertiary alicyclic amines) is 1. The topological polar surface area (TPSA) is 78.9 Å². The summed E-state index contributed by atoms with van der Waals surface area (Å²) in [6.45, 7) is 9.49. The van der Waals surface area contributed by atoms with Crippen molar-refractivity contribution in [3.8, 4) is 0 Å². The smallest absolute Gasteiger partial charge is 0.317 e. The molecule has 0 bridgehead atoms. The lowest BCUT2D eigenvalue weighted by Gasteiger charge is -2.27. The summed E-state index contributed by atoms with van der Waals surface area (Å²) in [6, 6.07) is -0.206. The van der Waals surface area contributed by atoms with Gasteiger partial charge in [0.1, 0.15) is 0 Å². The van der Waals surface area contributed by atoms with Crippen molar-refractivity contribution in [3.63, 3.8) is 0 Å². The Bertz CT molecular complexity index is 384. The van der Waals surface area contributed by atoms with E-state index in [2.05, 4.69) is 5.32 Å². The van der Waals surface area contributed by atoms with E-state index in [4.69, 9.17) is 4.74 Å². The lowest BCUT2D eigenvalue weighted by atomic mass is 9.83. The van der Waals surface area contributed by atoms with Crippen LogP contribution in [0.15, 0.2) is 0 Å². The number of carbonyl (C=O) groups is 2. The number of nitrogens with zero attached hydrogens (tertiary/aromatic N) is 1. The standard InChI is InChI=1S/C15H28N2O4/c1-5-7-15(12(18)19)8-9-17(11-15)13(20)16-10-14(3,4)21-6-2/h5-11H2,1-4H3,(H,16,20)(H,18,19). The van der Waals surface area contributed by atoms with Gasteiger partial charge in [-0.2, -0.15) is 0 Å². The average molecular weight is 300 g/mol. The molecule has 1 saturated heterocycles. The Morgan fingerprint density at radius 1 is 1.38 bits per heavy atom. The number of hydrogen-bond acceptors (Lipinski definition) is 3. The van der Waals surface area contributed by atoms with E-state index in [9.17, 15) is 14.7 Å². The fraction of sp³-hybridized carbons (Fsp3) is 0.867. The van der Waals surface area contributed by atoms with Crippen molar-refractivity contribution in [1.29, 1.82) is 0 Å². The van der Waals surface area contributed by atoms with E-state index in [0.717, 1.165) is 6.42 Å². The van der Waals surface area contributed by atoms with Crippen LogP contribution in [0.25, 0.3) is 0 Å². The van der Waals surface area contributed by atoms with Crippen molar-refractivity contribution >= 4 is 12.0 Å². The maximum absolute atomic E-state index is 12.2. The normalized spacial score (nSPS) is 22.4. The molecule has 1 unspecified atom stereocenters. The Balaban J connectivity index is 2.56. The van der Waals surface area contributed by atoms with Crippen LogP contribution in [0, 0.1) is 5.41 Å². The van der Waals surface area contributed by atoms with Gasteiger partial charge in [-0.25, -0.2) is 4.79 Å². The highest BCUT2D eigenvalue weighted by Gasteiger charge is 2.45. The van der Waals surface area contributed by atoms with Gasteiger partial charge in [-0.1, -0.05) is 13.3 Å². The summed E-state index contributed by atoms with van der Waals surface area (Å²) >= 11 is 0. The first kappa shape index (κ1) is 17.8. The van der Waals surface area contributed by atoms with E-state index >= 15 is 0 Å². The van der Waals surface area contributed by atoms with Crippen LogP contribution in [0.1, 0.15) is 47.0 Å². The molecule has 1 heterocycles. The molecule has 0 radical (unpaired) electrons. The predicted molar refractivity (Wildman–Crippen MR) is 80.3 cm³/mol. The lowest BCUT2D eigenvalue weighted by Crippen LogP contribution is -2.47. The second kappa shape index (κ2) is 7.11. The molecule has 1 aliphatic heterocycles. The molecule has 0 aliphatic carbocycles. The van der Waals surface area contributed by atoms with Gasteiger partial charge in [-0.15, -0.1) is 0 Å². The Hall–Kier alpha value is -1.30. The Kier molecular flexibility index (Phi) is 6.01. The van der Waals surface area contributed by atoms with Crippen molar-refractivity contribution in [3.05, 3.63) is 0 Å². The summed E-state index contributed by atoms with van der Waals surface area (Å²) in [6.07, 6.45) is 1.94. The van der Waals surface area contributed by atoms with Crippen molar-refractivity contribution in [2.45, 2.75) is 52.6 Å². The first-order valence-electron chi connectivity index (χ1n) is 7.66. The van der Waals surface area contributed by atoms with Crippen LogP contribution >= 0.6 is 0 Å². The van der Waals surface area contributed by atoms with E-state index in [1.807, 2.05) is 27.7 Å².